The van der Waals surface area contributed by atoms with Gasteiger partial charge in [-0.25, -0.2) is 0 Å². The number of methoxy groups -OCH3 is 1. The van der Waals surface area contributed by atoms with Gasteiger partial charge in [0, 0.05) is 11.7 Å². The molecule has 0 bridgehead atoms. The SMILES string of the molecule is COc1ccc(OCC(=O)N2c3ccccc3C[C@@H]2C)c([N+](=O)[O-])c1. The van der Waals surface area contributed by atoms with Gasteiger partial charge in [0.05, 0.1) is 18.1 Å². The number of carbonyl (C=O) groups is 1. The molecule has 0 aromatic heterocycles. The highest BCUT2D eigenvalue weighted by molar-refractivity contribution is 5.97. The lowest BCUT2D eigenvalue weighted by Gasteiger charge is -2.22. The van der Waals surface area contributed by atoms with E-state index in [1.165, 1.54) is 19.2 Å². The third-order valence-corrected chi connectivity index (χ3v) is 4.19. The summed E-state index contributed by atoms with van der Waals surface area (Å²) in [4.78, 5) is 24.9. The zero-order chi connectivity index (χ0) is 18.0. The van der Waals surface area contributed by atoms with Crippen molar-refractivity contribution in [2.75, 3.05) is 18.6 Å². The highest BCUT2D eigenvalue weighted by Crippen LogP contribution is 2.33. The Bertz CT molecular complexity index is 821. The predicted octanol–water partition coefficient (Wildman–Crippen LogP) is 2.96. The number of hydrogen-bond donors (Lipinski definition) is 0. The number of benzene rings is 2. The van der Waals surface area contributed by atoms with E-state index in [1.807, 2.05) is 31.2 Å². The number of ether oxygens (including phenoxy) is 2. The molecule has 0 unspecified atom stereocenters. The molecule has 0 N–H and O–H groups in total. The molecule has 2 aromatic carbocycles. The van der Waals surface area contributed by atoms with Crippen LogP contribution in [0.25, 0.3) is 0 Å². The molecule has 0 radical (unpaired) electrons. The largest absolute Gasteiger partial charge is 0.496 e. The number of nitro benzene ring substituents is 1. The van der Waals surface area contributed by atoms with E-state index < -0.39 is 4.92 Å². The van der Waals surface area contributed by atoms with Crippen molar-refractivity contribution < 1.29 is 19.2 Å². The van der Waals surface area contributed by atoms with Gasteiger partial charge in [0.15, 0.2) is 12.4 Å². The van der Waals surface area contributed by atoms with Gasteiger partial charge in [-0.3, -0.25) is 14.9 Å². The van der Waals surface area contributed by atoms with E-state index in [0.717, 1.165) is 17.7 Å². The number of hydrogen-bond acceptors (Lipinski definition) is 5. The number of nitrogens with zero attached hydrogens (tertiary/aromatic N) is 2. The van der Waals surface area contributed by atoms with Gasteiger partial charge in [-0.15, -0.1) is 0 Å². The van der Waals surface area contributed by atoms with E-state index in [-0.39, 0.29) is 30.0 Å². The number of anilines is 1. The minimum atomic E-state index is -0.559. The molecule has 0 saturated carbocycles. The van der Waals surface area contributed by atoms with Gasteiger partial charge in [0.1, 0.15) is 5.75 Å². The van der Waals surface area contributed by atoms with Crippen LogP contribution in [0.3, 0.4) is 0 Å². The maximum Gasteiger partial charge on any atom is 0.314 e. The summed E-state index contributed by atoms with van der Waals surface area (Å²) in [6.45, 7) is 1.69. The van der Waals surface area contributed by atoms with Crippen molar-refractivity contribution in [2.24, 2.45) is 0 Å². The summed E-state index contributed by atoms with van der Waals surface area (Å²) in [7, 11) is 1.43. The number of rotatable bonds is 5. The van der Waals surface area contributed by atoms with Crippen LogP contribution in [-0.4, -0.2) is 30.6 Å². The van der Waals surface area contributed by atoms with Crippen molar-refractivity contribution in [1.82, 2.24) is 0 Å². The third-order valence-electron chi connectivity index (χ3n) is 4.19. The normalized spacial score (nSPS) is 15.6. The van der Waals surface area contributed by atoms with E-state index in [2.05, 4.69) is 0 Å². The summed E-state index contributed by atoms with van der Waals surface area (Å²) < 4.78 is 10.4. The quantitative estimate of drug-likeness (QED) is 0.616. The summed E-state index contributed by atoms with van der Waals surface area (Å²) in [5, 5.41) is 11.2. The first-order valence-corrected chi connectivity index (χ1v) is 7.86. The monoisotopic (exact) mass is 342 g/mol. The summed E-state index contributed by atoms with van der Waals surface area (Å²) in [5.74, 6) is 0.161. The van der Waals surface area contributed by atoms with E-state index in [0.29, 0.717) is 5.75 Å². The van der Waals surface area contributed by atoms with Crippen molar-refractivity contribution in [1.29, 1.82) is 0 Å². The summed E-state index contributed by atoms with van der Waals surface area (Å²) in [6.07, 6.45) is 0.782. The molecule has 7 heteroatoms. The number of fused-ring (bicyclic) bond motifs is 1. The van der Waals surface area contributed by atoms with Crippen molar-refractivity contribution in [2.45, 2.75) is 19.4 Å². The maximum absolute atomic E-state index is 12.6. The second-order valence-corrected chi connectivity index (χ2v) is 5.83. The van der Waals surface area contributed by atoms with Crippen molar-refractivity contribution >= 4 is 17.3 Å². The Morgan fingerprint density at radius 3 is 2.80 bits per heavy atom. The molecule has 2 aromatic rings. The summed E-state index contributed by atoms with van der Waals surface area (Å²) in [6, 6.07) is 12.0. The molecule has 25 heavy (non-hydrogen) atoms. The Hall–Kier alpha value is -3.09. The van der Waals surface area contributed by atoms with Crippen LogP contribution in [0.15, 0.2) is 42.5 Å². The standard InChI is InChI=1S/C18H18N2O5/c1-12-9-13-5-3-4-6-15(13)19(12)18(21)11-25-17-8-7-14(24-2)10-16(17)20(22)23/h3-8,10,12H,9,11H2,1-2H3/t12-/m0/s1. The second-order valence-electron chi connectivity index (χ2n) is 5.83. The minimum Gasteiger partial charge on any atom is -0.496 e. The topological polar surface area (TPSA) is 81.9 Å². The van der Waals surface area contributed by atoms with Crippen molar-refractivity contribution in [3.05, 3.63) is 58.1 Å². The zero-order valence-corrected chi connectivity index (χ0v) is 14.0. The summed E-state index contributed by atoms with van der Waals surface area (Å²) >= 11 is 0. The van der Waals surface area contributed by atoms with Crippen LogP contribution in [0.1, 0.15) is 12.5 Å². The van der Waals surface area contributed by atoms with Crippen LogP contribution in [0.2, 0.25) is 0 Å². The summed E-state index contributed by atoms with van der Waals surface area (Å²) in [5.41, 5.74) is 1.74. The van der Waals surface area contributed by atoms with Gasteiger partial charge in [-0.1, -0.05) is 18.2 Å². The predicted molar refractivity (Wildman–Crippen MR) is 92.2 cm³/mol. The molecule has 1 heterocycles. The Morgan fingerprint density at radius 1 is 1.32 bits per heavy atom. The first kappa shape index (κ1) is 16.8. The molecule has 0 aliphatic carbocycles. The molecule has 0 spiro atoms. The molecule has 1 atom stereocenters. The minimum absolute atomic E-state index is 0.0272. The number of carbonyl (C=O) groups excluding carboxylic acids is 1. The van der Waals surface area contributed by atoms with E-state index in [4.69, 9.17) is 9.47 Å². The number of amides is 1. The number of para-hydroxylation sites is 1. The highest BCUT2D eigenvalue weighted by Gasteiger charge is 2.31. The van der Waals surface area contributed by atoms with Crippen LogP contribution >= 0.6 is 0 Å². The number of nitro groups is 1. The smallest absolute Gasteiger partial charge is 0.314 e. The van der Waals surface area contributed by atoms with Crippen molar-refractivity contribution in [3.8, 4) is 11.5 Å². The van der Waals surface area contributed by atoms with E-state index in [1.54, 1.807) is 11.0 Å². The van der Waals surface area contributed by atoms with Gasteiger partial charge >= 0.3 is 5.69 Å². The fourth-order valence-corrected chi connectivity index (χ4v) is 3.04. The fourth-order valence-electron chi connectivity index (χ4n) is 3.04. The van der Waals surface area contributed by atoms with Gasteiger partial charge in [0.25, 0.3) is 5.91 Å². The van der Waals surface area contributed by atoms with Crippen LogP contribution < -0.4 is 14.4 Å². The Balaban J connectivity index is 1.76. The average Bonchev–Trinajstić information content (AvgIpc) is 2.95. The molecule has 1 aliphatic heterocycles. The van der Waals surface area contributed by atoms with Crippen LogP contribution in [0.4, 0.5) is 11.4 Å². The fraction of sp³-hybridized carbons (Fsp3) is 0.278. The van der Waals surface area contributed by atoms with Gasteiger partial charge < -0.3 is 14.4 Å². The Morgan fingerprint density at radius 2 is 2.08 bits per heavy atom. The average molecular weight is 342 g/mol. The van der Waals surface area contributed by atoms with Crippen LogP contribution in [-0.2, 0) is 11.2 Å². The second kappa shape index (κ2) is 6.80. The van der Waals surface area contributed by atoms with Gasteiger partial charge in [-0.05, 0) is 37.1 Å². The molecule has 1 aliphatic rings. The lowest BCUT2D eigenvalue weighted by molar-refractivity contribution is -0.385. The highest BCUT2D eigenvalue weighted by atomic mass is 16.6. The van der Waals surface area contributed by atoms with Crippen LogP contribution in [0, 0.1) is 10.1 Å². The molecule has 0 fully saturated rings. The van der Waals surface area contributed by atoms with E-state index >= 15 is 0 Å². The first-order chi connectivity index (χ1) is 12.0. The molecule has 1 amide bonds. The zero-order valence-electron chi connectivity index (χ0n) is 14.0. The molecular weight excluding hydrogens is 324 g/mol. The molecule has 7 nitrogen and oxygen atoms in total. The third kappa shape index (κ3) is 3.26. The molecule has 0 saturated heterocycles. The van der Waals surface area contributed by atoms with E-state index in [9.17, 15) is 14.9 Å². The molecule has 3 rings (SSSR count). The lowest BCUT2D eigenvalue weighted by atomic mass is 10.1. The van der Waals surface area contributed by atoms with Gasteiger partial charge in [0.2, 0.25) is 0 Å². The lowest BCUT2D eigenvalue weighted by Crippen LogP contribution is -2.39. The Kier molecular flexibility index (Phi) is 4.56. The Labute approximate surface area is 144 Å². The van der Waals surface area contributed by atoms with Crippen LogP contribution in [0.5, 0.6) is 11.5 Å². The molecule has 130 valence electrons. The van der Waals surface area contributed by atoms with Crippen molar-refractivity contribution in [3.63, 3.8) is 0 Å². The van der Waals surface area contributed by atoms with Gasteiger partial charge in [-0.2, -0.15) is 0 Å². The molecular formula is C18H18N2O5. The first-order valence-electron chi connectivity index (χ1n) is 7.86. The maximum atomic E-state index is 12.6.